The Kier molecular flexibility index (Phi) is 2.10. The lowest BCUT2D eigenvalue weighted by molar-refractivity contribution is 0.180. The van der Waals surface area contributed by atoms with Crippen molar-refractivity contribution in [3.63, 3.8) is 0 Å². The maximum atomic E-state index is 9.93. The van der Waals surface area contributed by atoms with Gasteiger partial charge in [-0.15, -0.1) is 0 Å². The molecule has 80 valence electrons. The molecule has 15 heavy (non-hydrogen) atoms. The highest BCUT2D eigenvalue weighted by atomic mass is 16.3. The van der Waals surface area contributed by atoms with Gasteiger partial charge in [-0.3, -0.25) is 0 Å². The van der Waals surface area contributed by atoms with Crippen LogP contribution in [0.5, 0.6) is 0 Å². The topological polar surface area (TPSA) is 20.2 Å². The average molecular weight is 202 g/mol. The predicted octanol–water partition coefficient (Wildman–Crippen LogP) is 2.72. The minimum atomic E-state index is -0.184. The van der Waals surface area contributed by atoms with Crippen LogP contribution in [-0.4, -0.2) is 5.11 Å². The third kappa shape index (κ3) is 1.26. The van der Waals surface area contributed by atoms with Crippen LogP contribution < -0.4 is 0 Å². The zero-order chi connectivity index (χ0) is 10.4. The van der Waals surface area contributed by atoms with Gasteiger partial charge in [0.2, 0.25) is 0 Å². The van der Waals surface area contributed by atoms with Gasteiger partial charge in [0.1, 0.15) is 0 Å². The minimum absolute atomic E-state index is 0.184. The molecule has 1 aromatic rings. The summed E-state index contributed by atoms with van der Waals surface area (Å²) in [5.74, 6) is 0. The third-order valence-electron chi connectivity index (χ3n) is 4.05. The molecule has 0 saturated heterocycles. The minimum Gasteiger partial charge on any atom is -0.388 e. The molecular weight excluding hydrogens is 184 g/mol. The fourth-order valence-electron chi connectivity index (χ4n) is 3.36. The second-order valence-electron chi connectivity index (χ2n) is 4.82. The van der Waals surface area contributed by atoms with Gasteiger partial charge in [-0.05, 0) is 66.3 Å². The molecule has 0 bridgehead atoms. The van der Waals surface area contributed by atoms with Crippen LogP contribution in [-0.2, 0) is 25.7 Å². The molecule has 0 spiro atoms. The molecule has 1 N–H and O–H groups in total. The van der Waals surface area contributed by atoms with Crippen LogP contribution in [0.25, 0.3) is 0 Å². The van der Waals surface area contributed by atoms with E-state index in [0.717, 1.165) is 19.3 Å². The molecule has 1 atom stereocenters. The standard InChI is InChI=1S/C14H18O/c1-2-10-11-5-3-4-9(11)8-13-12(10)6-7-14(13)15/h8,14-15H,2-7H2,1H3/t14-/m1/s1. The van der Waals surface area contributed by atoms with Crippen molar-refractivity contribution in [3.8, 4) is 0 Å². The molecule has 3 rings (SSSR count). The normalized spacial score (nSPS) is 22.9. The van der Waals surface area contributed by atoms with E-state index >= 15 is 0 Å². The van der Waals surface area contributed by atoms with Crippen molar-refractivity contribution in [1.29, 1.82) is 0 Å². The molecule has 0 aliphatic heterocycles. The molecule has 0 aromatic heterocycles. The Morgan fingerprint density at radius 2 is 2.13 bits per heavy atom. The van der Waals surface area contributed by atoms with Gasteiger partial charge in [0.05, 0.1) is 6.10 Å². The van der Waals surface area contributed by atoms with E-state index in [-0.39, 0.29) is 6.10 Å². The Balaban J connectivity index is 2.23. The fourth-order valence-corrected chi connectivity index (χ4v) is 3.36. The summed E-state index contributed by atoms with van der Waals surface area (Å²) in [7, 11) is 0. The van der Waals surface area contributed by atoms with Crippen LogP contribution in [0.15, 0.2) is 6.07 Å². The molecule has 0 saturated carbocycles. The first-order valence-corrected chi connectivity index (χ1v) is 6.15. The second kappa shape index (κ2) is 3.34. The SMILES string of the molecule is CCc1c2c(cc3c1CC[C@H]3O)CCC2. The van der Waals surface area contributed by atoms with Crippen molar-refractivity contribution in [2.75, 3.05) is 0 Å². The monoisotopic (exact) mass is 202 g/mol. The molecule has 0 fully saturated rings. The van der Waals surface area contributed by atoms with Crippen LogP contribution >= 0.6 is 0 Å². The van der Waals surface area contributed by atoms with E-state index in [4.69, 9.17) is 0 Å². The molecular formula is C14H18O. The van der Waals surface area contributed by atoms with Crippen molar-refractivity contribution >= 4 is 0 Å². The summed E-state index contributed by atoms with van der Waals surface area (Å²) in [5, 5.41) is 9.93. The number of rotatable bonds is 1. The lowest BCUT2D eigenvalue weighted by Crippen LogP contribution is -2.00. The summed E-state index contributed by atoms with van der Waals surface area (Å²) >= 11 is 0. The Labute approximate surface area is 91.1 Å². The van der Waals surface area contributed by atoms with Crippen LogP contribution in [0.2, 0.25) is 0 Å². The number of fused-ring (bicyclic) bond motifs is 2. The number of aliphatic hydroxyl groups excluding tert-OH is 1. The van der Waals surface area contributed by atoms with Gasteiger partial charge >= 0.3 is 0 Å². The van der Waals surface area contributed by atoms with Crippen molar-refractivity contribution in [1.82, 2.24) is 0 Å². The van der Waals surface area contributed by atoms with E-state index in [9.17, 15) is 5.11 Å². The molecule has 0 amide bonds. The zero-order valence-corrected chi connectivity index (χ0v) is 9.34. The summed E-state index contributed by atoms with van der Waals surface area (Å²) in [4.78, 5) is 0. The molecule has 1 nitrogen and oxygen atoms in total. The van der Waals surface area contributed by atoms with Gasteiger partial charge in [-0.2, -0.15) is 0 Å². The number of aliphatic hydroxyl groups is 1. The predicted molar refractivity (Wildman–Crippen MR) is 61.1 cm³/mol. The number of benzene rings is 1. The highest BCUT2D eigenvalue weighted by Gasteiger charge is 2.27. The van der Waals surface area contributed by atoms with Crippen molar-refractivity contribution < 1.29 is 5.11 Å². The molecule has 0 radical (unpaired) electrons. The van der Waals surface area contributed by atoms with Crippen molar-refractivity contribution in [2.24, 2.45) is 0 Å². The third-order valence-corrected chi connectivity index (χ3v) is 4.05. The Morgan fingerprint density at radius 1 is 1.27 bits per heavy atom. The van der Waals surface area contributed by atoms with Crippen LogP contribution in [0.3, 0.4) is 0 Å². The molecule has 1 aromatic carbocycles. The summed E-state index contributed by atoms with van der Waals surface area (Å²) in [6.45, 7) is 2.25. The van der Waals surface area contributed by atoms with E-state index in [1.165, 1.54) is 36.0 Å². The summed E-state index contributed by atoms with van der Waals surface area (Å²) < 4.78 is 0. The number of hydrogen-bond acceptors (Lipinski definition) is 1. The smallest absolute Gasteiger partial charge is 0.0796 e. The largest absolute Gasteiger partial charge is 0.388 e. The van der Waals surface area contributed by atoms with Gasteiger partial charge < -0.3 is 5.11 Å². The van der Waals surface area contributed by atoms with E-state index in [1.54, 1.807) is 11.1 Å². The van der Waals surface area contributed by atoms with Crippen molar-refractivity contribution in [3.05, 3.63) is 33.9 Å². The van der Waals surface area contributed by atoms with Crippen LogP contribution in [0, 0.1) is 0 Å². The van der Waals surface area contributed by atoms with Gasteiger partial charge in [0, 0.05) is 0 Å². The van der Waals surface area contributed by atoms with Crippen LogP contribution in [0.1, 0.15) is 53.7 Å². The first kappa shape index (κ1) is 9.41. The van der Waals surface area contributed by atoms with Gasteiger partial charge in [-0.25, -0.2) is 0 Å². The lowest BCUT2D eigenvalue weighted by Gasteiger charge is -2.14. The quantitative estimate of drug-likeness (QED) is 0.742. The maximum Gasteiger partial charge on any atom is 0.0796 e. The fraction of sp³-hybridized carbons (Fsp3) is 0.571. The van der Waals surface area contributed by atoms with Gasteiger partial charge in [0.25, 0.3) is 0 Å². The Hall–Kier alpha value is -0.820. The Bertz CT molecular complexity index is 406. The number of hydrogen-bond donors (Lipinski definition) is 1. The first-order valence-electron chi connectivity index (χ1n) is 6.15. The van der Waals surface area contributed by atoms with Gasteiger partial charge in [0.15, 0.2) is 0 Å². The van der Waals surface area contributed by atoms with E-state index in [1.807, 2.05) is 0 Å². The summed E-state index contributed by atoms with van der Waals surface area (Å²) in [5.41, 5.74) is 7.42. The van der Waals surface area contributed by atoms with Gasteiger partial charge in [-0.1, -0.05) is 13.0 Å². The number of aryl methyl sites for hydroxylation is 1. The maximum absolute atomic E-state index is 9.93. The Morgan fingerprint density at radius 3 is 2.93 bits per heavy atom. The highest BCUT2D eigenvalue weighted by Crippen LogP contribution is 2.39. The molecule has 1 heteroatoms. The zero-order valence-electron chi connectivity index (χ0n) is 9.34. The van der Waals surface area contributed by atoms with Crippen LogP contribution in [0.4, 0.5) is 0 Å². The molecule has 0 heterocycles. The lowest BCUT2D eigenvalue weighted by atomic mass is 9.92. The summed E-state index contributed by atoms with van der Waals surface area (Å²) in [6, 6.07) is 2.29. The summed E-state index contributed by atoms with van der Waals surface area (Å²) in [6.07, 6.45) is 6.78. The van der Waals surface area contributed by atoms with E-state index in [2.05, 4.69) is 13.0 Å². The van der Waals surface area contributed by atoms with E-state index < -0.39 is 0 Å². The first-order chi connectivity index (χ1) is 7.31. The molecule has 2 aliphatic carbocycles. The highest BCUT2D eigenvalue weighted by molar-refractivity contribution is 5.50. The molecule has 0 unspecified atom stereocenters. The van der Waals surface area contributed by atoms with E-state index in [0.29, 0.717) is 0 Å². The molecule has 2 aliphatic rings. The second-order valence-corrected chi connectivity index (χ2v) is 4.82. The van der Waals surface area contributed by atoms with Crippen molar-refractivity contribution in [2.45, 2.75) is 51.6 Å². The average Bonchev–Trinajstić information content (AvgIpc) is 2.83.